The molecule has 4 rings (SSSR count). The Bertz CT molecular complexity index is 1240. The van der Waals surface area contributed by atoms with Gasteiger partial charge in [-0.25, -0.2) is 0 Å². The van der Waals surface area contributed by atoms with Crippen molar-refractivity contribution in [1.29, 1.82) is 5.26 Å². The van der Waals surface area contributed by atoms with E-state index in [1.165, 1.54) is 0 Å². The van der Waals surface area contributed by atoms with E-state index in [1.54, 1.807) is 0 Å². The summed E-state index contributed by atoms with van der Waals surface area (Å²) in [6.07, 6.45) is 4.19. The first-order valence-electron chi connectivity index (χ1n) is 14.2. The summed E-state index contributed by atoms with van der Waals surface area (Å²) in [4.78, 5) is 14.8. The molecule has 2 heterocycles. The van der Waals surface area contributed by atoms with Crippen LogP contribution in [-0.2, 0) is 4.79 Å². The van der Waals surface area contributed by atoms with E-state index < -0.39 is 0 Å². The molecule has 11 heteroatoms. The van der Waals surface area contributed by atoms with E-state index >= 15 is 0 Å². The number of alkyl halides is 1. The maximum atomic E-state index is 12.7. The Morgan fingerprint density at radius 1 is 1.20 bits per heavy atom. The first-order valence-corrected chi connectivity index (χ1v) is 15.1. The maximum Gasteiger partial charge on any atom is 0.224 e. The van der Waals surface area contributed by atoms with Gasteiger partial charge in [-0.3, -0.25) is 10.1 Å². The fourth-order valence-electron chi connectivity index (χ4n) is 5.18. The highest BCUT2D eigenvalue weighted by atomic mass is 35.5. The zero-order valence-electron chi connectivity index (χ0n) is 23.9. The summed E-state index contributed by atoms with van der Waals surface area (Å²) in [5, 5.41) is 23.7. The Kier molecular flexibility index (Phi) is 11.2. The molecule has 0 aromatic heterocycles. The van der Waals surface area contributed by atoms with Crippen molar-refractivity contribution >= 4 is 46.2 Å². The molecule has 41 heavy (non-hydrogen) atoms. The van der Waals surface area contributed by atoms with E-state index in [1.807, 2.05) is 51.4 Å². The Morgan fingerprint density at radius 2 is 2.02 bits per heavy atom. The van der Waals surface area contributed by atoms with Gasteiger partial charge < -0.3 is 30.3 Å². The number of amides is 1. The molecule has 4 N–H and O–H groups in total. The van der Waals surface area contributed by atoms with Gasteiger partial charge in [-0.05, 0) is 77.5 Å². The summed E-state index contributed by atoms with van der Waals surface area (Å²) in [7, 11) is 3.97. The molecule has 2 aromatic rings. The zero-order chi connectivity index (χ0) is 29.4. The molecule has 1 fully saturated rings. The van der Waals surface area contributed by atoms with Crippen molar-refractivity contribution in [2.45, 2.75) is 56.6 Å². The average Bonchev–Trinajstić information content (AvgIpc) is 2.93. The van der Waals surface area contributed by atoms with Crippen LogP contribution in [0.3, 0.4) is 0 Å². The number of piperidine rings is 1. The second-order valence-corrected chi connectivity index (χ2v) is 11.7. The van der Waals surface area contributed by atoms with Crippen LogP contribution < -0.4 is 30.7 Å². The number of hydrogen-bond acceptors (Lipinski definition) is 8. The number of anilines is 3. The Balaban J connectivity index is 1.51. The molecule has 4 unspecified atom stereocenters. The monoisotopic (exact) mass is 602 g/mol. The van der Waals surface area contributed by atoms with Gasteiger partial charge >= 0.3 is 0 Å². The van der Waals surface area contributed by atoms with Crippen molar-refractivity contribution in [3.8, 4) is 17.6 Å². The number of carbonyl (C=O) groups is 1. The number of ether oxygens (including phenoxy) is 2. The Hall–Kier alpha value is -2.90. The second kappa shape index (κ2) is 14.8. The highest BCUT2D eigenvalue weighted by Gasteiger charge is 2.31. The van der Waals surface area contributed by atoms with Gasteiger partial charge in [0.25, 0.3) is 0 Å². The number of nitriles is 1. The summed E-state index contributed by atoms with van der Waals surface area (Å²) in [6, 6.07) is 11.6. The van der Waals surface area contributed by atoms with Gasteiger partial charge in [0, 0.05) is 42.0 Å². The zero-order valence-corrected chi connectivity index (χ0v) is 25.4. The number of rotatable bonds is 12. The highest BCUT2D eigenvalue weighted by molar-refractivity contribution is 6.32. The lowest BCUT2D eigenvalue weighted by atomic mass is 9.88. The number of fused-ring (bicyclic) bond motifs is 1. The largest absolute Gasteiger partial charge is 0.492 e. The first kappa shape index (κ1) is 31.0. The minimum Gasteiger partial charge on any atom is -0.492 e. The van der Waals surface area contributed by atoms with E-state index in [0.29, 0.717) is 48.4 Å². The molecule has 1 saturated heterocycles. The molecule has 2 aliphatic rings. The molecule has 0 saturated carbocycles. The minimum absolute atomic E-state index is 0.0261. The number of nitrogens with zero attached hydrogens (tertiary/aromatic N) is 2. The maximum absolute atomic E-state index is 12.7. The molecule has 0 aliphatic carbocycles. The number of nitrogens with one attached hydrogen (secondary N) is 4. The average molecular weight is 604 g/mol. The van der Waals surface area contributed by atoms with Crippen LogP contribution in [0.25, 0.3) is 0 Å². The highest BCUT2D eigenvalue weighted by Crippen LogP contribution is 2.42. The number of carbonyl (C=O) groups excluding carboxylic acids is 1. The summed E-state index contributed by atoms with van der Waals surface area (Å²) >= 11 is 12.8. The van der Waals surface area contributed by atoms with E-state index in [0.717, 1.165) is 49.2 Å². The van der Waals surface area contributed by atoms with Crippen molar-refractivity contribution < 1.29 is 14.3 Å². The molecular formula is C30H40Cl2N6O3. The number of benzene rings is 2. The topological polar surface area (TPSA) is 111 Å². The van der Waals surface area contributed by atoms with Crippen LogP contribution in [0.2, 0.25) is 5.02 Å². The van der Waals surface area contributed by atoms with Gasteiger partial charge in [0.15, 0.2) is 0 Å². The summed E-state index contributed by atoms with van der Waals surface area (Å²) < 4.78 is 11.9. The van der Waals surface area contributed by atoms with Crippen LogP contribution in [0, 0.1) is 17.2 Å². The van der Waals surface area contributed by atoms with Crippen LogP contribution in [0.15, 0.2) is 30.3 Å². The molecule has 4 atom stereocenters. The van der Waals surface area contributed by atoms with Gasteiger partial charge in [0.1, 0.15) is 18.1 Å². The minimum atomic E-state index is -0.361. The van der Waals surface area contributed by atoms with Crippen LogP contribution in [-0.4, -0.2) is 62.7 Å². The SMILES string of the molecule is CCOc1cc2c(cc1NC(=O)CCCN(C)C)C(Nc1ccc(OCC3CCCC(Cl)N3)c(Cl)c1)C(C#N)CN2. The van der Waals surface area contributed by atoms with Crippen LogP contribution in [0.4, 0.5) is 17.1 Å². The Morgan fingerprint density at radius 3 is 2.73 bits per heavy atom. The number of hydrogen-bond donors (Lipinski definition) is 4. The standard InChI is InChI=1S/C30H40Cl2N6O3/c1-4-40-27-15-24-22(14-25(27)37-29(39)9-6-12-38(2)3)30(19(16-33)17-34-24)36-20-10-11-26(23(31)13-20)41-18-21-7-5-8-28(32)35-21/h10-11,13-15,19,21,28,30,34-36H,4-9,12,17-18H2,1-3H3,(H,37,39). The van der Waals surface area contributed by atoms with Crippen molar-refractivity contribution in [1.82, 2.24) is 10.2 Å². The summed E-state index contributed by atoms with van der Waals surface area (Å²) in [5.74, 6) is 0.745. The fourth-order valence-corrected chi connectivity index (χ4v) is 5.74. The molecule has 9 nitrogen and oxygen atoms in total. The van der Waals surface area contributed by atoms with E-state index in [2.05, 4.69) is 32.2 Å². The van der Waals surface area contributed by atoms with E-state index in [9.17, 15) is 10.1 Å². The smallest absolute Gasteiger partial charge is 0.224 e. The van der Waals surface area contributed by atoms with Crippen LogP contribution in [0.1, 0.15) is 50.6 Å². The molecule has 1 amide bonds. The molecule has 2 aliphatic heterocycles. The third-order valence-electron chi connectivity index (χ3n) is 7.27. The van der Waals surface area contributed by atoms with Gasteiger partial charge in [0.2, 0.25) is 5.91 Å². The molecule has 0 spiro atoms. The summed E-state index contributed by atoms with van der Waals surface area (Å²) in [5.41, 5.74) is 3.05. The normalized spacial score (nSPS) is 21.8. The molecule has 0 radical (unpaired) electrons. The van der Waals surface area contributed by atoms with Crippen molar-refractivity contribution in [3.05, 3.63) is 40.9 Å². The van der Waals surface area contributed by atoms with E-state index in [-0.39, 0.29) is 29.4 Å². The van der Waals surface area contributed by atoms with Gasteiger partial charge in [0.05, 0.1) is 40.8 Å². The fraction of sp³-hybridized carbons (Fsp3) is 0.533. The van der Waals surface area contributed by atoms with Crippen molar-refractivity contribution in [2.75, 3.05) is 56.3 Å². The predicted molar refractivity (Wildman–Crippen MR) is 165 cm³/mol. The lowest BCUT2D eigenvalue weighted by Crippen LogP contribution is -2.42. The molecular weight excluding hydrogens is 563 g/mol. The van der Waals surface area contributed by atoms with E-state index in [4.69, 9.17) is 32.7 Å². The molecule has 0 bridgehead atoms. The van der Waals surface area contributed by atoms with Gasteiger partial charge in [-0.1, -0.05) is 11.6 Å². The van der Waals surface area contributed by atoms with Gasteiger partial charge in [-0.15, -0.1) is 11.6 Å². The van der Waals surface area contributed by atoms with Crippen molar-refractivity contribution in [3.63, 3.8) is 0 Å². The lowest BCUT2D eigenvalue weighted by molar-refractivity contribution is -0.116. The third kappa shape index (κ3) is 8.55. The van der Waals surface area contributed by atoms with Crippen LogP contribution in [0.5, 0.6) is 11.5 Å². The predicted octanol–water partition coefficient (Wildman–Crippen LogP) is 5.82. The molecule has 222 valence electrons. The quantitative estimate of drug-likeness (QED) is 0.177. The Labute approximate surface area is 252 Å². The lowest BCUT2D eigenvalue weighted by Gasteiger charge is -2.33. The second-order valence-electron chi connectivity index (χ2n) is 10.8. The van der Waals surface area contributed by atoms with Crippen LogP contribution >= 0.6 is 23.2 Å². The van der Waals surface area contributed by atoms with Gasteiger partial charge in [-0.2, -0.15) is 5.26 Å². The first-order chi connectivity index (χ1) is 19.8. The number of halogens is 2. The summed E-state index contributed by atoms with van der Waals surface area (Å²) in [6.45, 7) is 4.14. The van der Waals surface area contributed by atoms with Crippen molar-refractivity contribution in [2.24, 2.45) is 5.92 Å². The molecule has 2 aromatic carbocycles. The third-order valence-corrected chi connectivity index (χ3v) is 7.91.